The molecule has 0 saturated carbocycles. The van der Waals surface area contributed by atoms with Crippen LogP contribution in [-0.2, 0) is 14.3 Å². The van der Waals surface area contributed by atoms with E-state index in [1.807, 2.05) is 12.2 Å². The van der Waals surface area contributed by atoms with Crippen molar-refractivity contribution in [1.29, 1.82) is 0 Å². The molecule has 19 heavy (non-hydrogen) atoms. The van der Waals surface area contributed by atoms with Crippen molar-refractivity contribution in [2.45, 2.75) is 44.6 Å². The quantitative estimate of drug-likeness (QED) is 0.432. The van der Waals surface area contributed by atoms with Crippen molar-refractivity contribution in [3.63, 3.8) is 0 Å². The number of ketones is 1. The van der Waals surface area contributed by atoms with Gasteiger partial charge in [-0.3, -0.25) is 14.5 Å². The molecule has 2 aliphatic heterocycles. The molecule has 2 bridgehead atoms. The van der Waals surface area contributed by atoms with Gasteiger partial charge in [0, 0.05) is 6.54 Å². The third-order valence-corrected chi connectivity index (χ3v) is 4.96. The molecule has 1 spiro atoms. The number of fused-ring (bicyclic) bond motifs is 1. The molecule has 3 rings (SSSR count). The number of piperidine rings is 2. The molecule has 3 aliphatic rings. The summed E-state index contributed by atoms with van der Waals surface area (Å²) in [4.78, 5) is 27.6. The van der Waals surface area contributed by atoms with Crippen molar-refractivity contribution in [3.05, 3.63) is 12.2 Å². The zero-order valence-corrected chi connectivity index (χ0v) is 11.5. The minimum atomic E-state index is -0.904. The van der Waals surface area contributed by atoms with E-state index < -0.39 is 11.0 Å². The van der Waals surface area contributed by atoms with Crippen LogP contribution in [0.3, 0.4) is 0 Å². The Morgan fingerprint density at radius 2 is 2.21 bits per heavy atom. The second-order valence-electron chi connectivity index (χ2n) is 5.86. The van der Waals surface area contributed by atoms with Crippen molar-refractivity contribution in [2.75, 3.05) is 19.7 Å². The summed E-state index contributed by atoms with van der Waals surface area (Å²) < 4.78 is 5.19. The van der Waals surface area contributed by atoms with E-state index in [9.17, 15) is 9.59 Å². The molecule has 0 aromatic heterocycles. The lowest BCUT2D eigenvalue weighted by Gasteiger charge is -2.54. The zero-order valence-electron chi connectivity index (χ0n) is 11.5. The van der Waals surface area contributed by atoms with E-state index in [1.54, 1.807) is 6.92 Å². The normalized spacial score (nSPS) is 37.8. The van der Waals surface area contributed by atoms with Crippen molar-refractivity contribution in [2.24, 2.45) is 5.41 Å². The highest BCUT2D eigenvalue weighted by Crippen LogP contribution is 2.48. The van der Waals surface area contributed by atoms with Gasteiger partial charge in [0.25, 0.3) is 0 Å². The molecule has 0 aromatic rings. The maximum absolute atomic E-state index is 13.0. The van der Waals surface area contributed by atoms with Crippen LogP contribution in [0.15, 0.2) is 12.2 Å². The zero-order chi connectivity index (χ0) is 13.5. The lowest BCUT2D eigenvalue weighted by atomic mass is 9.61. The third-order valence-electron chi connectivity index (χ3n) is 4.96. The topological polar surface area (TPSA) is 46.6 Å². The number of carbonyl (C=O) groups excluding carboxylic acids is 2. The number of allylic oxidation sites excluding steroid dienone is 1. The van der Waals surface area contributed by atoms with Crippen LogP contribution in [0.25, 0.3) is 0 Å². The summed E-state index contributed by atoms with van der Waals surface area (Å²) in [6.45, 7) is 3.93. The van der Waals surface area contributed by atoms with Crippen molar-refractivity contribution in [3.8, 4) is 0 Å². The molecule has 2 saturated heterocycles. The number of ether oxygens (including phenoxy) is 1. The summed E-state index contributed by atoms with van der Waals surface area (Å²) in [5.41, 5.74) is -1.42. The Morgan fingerprint density at radius 1 is 1.37 bits per heavy atom. The molecule has 2 heterocycles. The van der Waals surface area contributed by atoms with Gasteiger partial charge >= 0.3 is 5.97 Å². The molecule has 4 heteroatoms. The number of hydrogen-bond donors (Lipinski definition) is 0. The van der Waals surface area contributed by atoms with Crippen LogP contribution in [0, 0.1) is 5.41 Å². The van der Waals surface area contributed by atoms with Gasteiger partial charge in [0.1, 0.15) is 5.41 Å². The van der Waals surface area contributed by atoms with Crippen molar-refractivity contribution in [1.82, 2.24) is 4.90 Å². The van der Waals surface area contributed by atoms with E-state index in [0.29, 0.717) is 19.4 Å². The first-order chi connectivity index (χ1) is 9.16. The lowest BCUT2D eigenvalue weighted by Crippen LogP contribution is -2.68. The number of carbonyl (C=O) groups is 2. The van der Waals surface area contributed by atoms with Crippen LogP contribution < -0.4 is 0 Å². The first-order valence-corrected chi connectivity index (χ1v) is 7.31. The van der Waals surface area contributed by atoms with E-state index in [2.05, 4.69) is 4.90 Å². The van der Waals surface area contributed by atoms with Gasteiger partial charge in [0.05, 0.1) is 12.1 Å². The van der Waals surface area contributed by atoms with Gasteiger partial charge < -0.3 is 4.74 Å². The predicted octanol–water partition coefficient (Wildman–Crippen LogP) is 1.69. The number of rotatable bonds is 2. The average Bonchev–Trinajstić information content (AvgIpc) is 2.40. The van der Waals surface area contributed by atoms with E-state index in [1.165, 1.54) is 0 Å². The van der Waals surface area contributed by atoms with Crippen LogP contribution in [0.2, 0.25) is 0 Å². The van der Waals surface area contributed by atoms with Crippen molar-refractivity contribution >= 4 is 11.8 Å². The minimum Gasteiger partial charge on any atom is -0.465 e. The lowest BCUT2D eigenvalue weighted by molar-refractivity contribution is -0.171. The molecule has 104 valence electrons. The summed E-state index contributed by atoms with van der Waals surface area (Å²) >= 11 is 0. The summed E-state index contributed by atoms with van der Waals surface area (Å²) in [6, 6.07) is 0. The molecule has 0 aromatic carbocycles. The Hall–Kier alpha value is -1.16. The smallest absolute Gasteiger partial charge is 0.320 e. The molecular formula is C15H21NO3. The van der Waals surface area contributed by atoms with Gasteiger partial charge in [-0.2, -0.15) is 0 Å². The molecule has 0 amide bonds. The van der Waals surface area contributed by atoms with E-state index in [4.69, 9.17) is 4.74 Å². The SMILES string of the molecule is CCOC(=O)[C@@]12CC=C[C@]3(CCCCN3CC1)C2=O. The van der Waals surface area contributed by atoms with Crippen LogP contribution in [0.1, 0.15) is 39.0 Å². The first kappa shape index (κ1) is 12.9. The Bertz CT molecular complexity index is 445. The second-order valence-corrected chi connectivity index (χ2v) is 5.86. The van der Waals surface area contributed by atoms with Gasteiger partial charge in [0.2, 0.25) is 0 Å². The fraction of sp³-hybridized carbons (Fsp3) is 0.733. The number of nitrogens with zero attached hydrogens (tertiary/aromatic N) is 1. The maximum Gasteiger partial charge on any atom is 0.320 e. The van der Waals surface area contributed by atoms with Gasteiger partial charge in [-0.25, -0.2) is 0 Å². The molecule has 2 atom stereocenters. The Morgan fingerprint density at radius 3 is 3.00 bits per heavy atom. The third kappa shape index (κ3) is 1.62. The standard InChI is InChI=1S/C15H21NO3/c1-2-19-13(18)14-6-5-8-15(12(14)17)7-3-4-10-16(15)11-9-14/h5,8H,2-4,6-7,9-11H2,1H3/t14-,15+/m0/s1. The van der Waals surface area contributed by atoms with Crippen LogP contribution in [0.4, 0.5) is 0 Å². The molecule has 0 radical (unpaired) electrons. The molecule has 4 nitrogen and oxygen atoms in total. The van der Waals surface area contributed by atoms with E-state index in [-0.39, 0.29) is 11.8 Å². The number of esters is 1. The molecule has 2 fully saturated rings. The highest BCUT2D eigenvalue weighted by Gasteiger charge is 2.61. The van der Waals surface area contributed by atoms with E-state index in [0.717, 1.165) is 32.4 Å². The maximum atomic E-state index is 13.0. The largest absolute Gasteiger partial charge is 0.465 e. The predicted molar refractivity (Wildman–Crippen MR) is 70.6 cm³/mol. The fourth-order valence-corrected chi connectivity index (χ4v) is 3.94. The minimum absolute atomic E-state index is 0.0897. The molecule has 0 N–H and O–H groups in total. The van der Waals surface area contributed by atoms with Gasteiger partial charge in [-0.15, -0.1) is 0 Å². The fourth-order valence-electron chi connectivity index (χ4n) is 3.94. The van der Waals surface area contributed by atoms with Crippen LogP contribution in [0.5, 0.6) is 0 Å². The second kappa shape index (κ2) is 4.44. The Labute approximate surface area is 113 Å². The van der Waals surface area contributed by atoms with Gasteiger partial charge in [-0.1, -0.05) is 12.2 Å². The number of Topliss-reactive ketones (excluding diaryl/α,β-unsaturated/α-hetero) is 1. The Balaban J connectivity index is 2.00. The Kier molecular flexibility index (Phi) is 3.01. The van der Waals surface area contributed by atoms with Crippen LogP contribution in [-0.4, -0.2) is 41.9 Å². The molecule has 0 unspecified atom stereocenters. The van der Waals surface area contributed by atoms with E-state index >= 15 is 0 Å². The highest BCUT2D eigenvalue weighted by molar-refractivity contribution is 6.11. The van der Waals surface area contributed by atoms with Crippen LogP contribution >= 0.6 is 0 Å². The summed E-state index contributed by atoms with van der Waals surface area (Å²) in [5.74, 6) is -0.221. The highest BCUT2D eigenvalue weighted by atomic mass is 16.5. The monoisotopic (exact) mass is 263 g/mol. The summed E-state index contributed by atoms with van der Waals surface area (Å²) in [7, 11) is 0. The molecule has 1 aliphatic carbocycles. The van der Waals surface area contributed by atoms with Gasteiger partial charge in [-0.05, 0) is 45.6 Å². The first-order valence-electron chi connectivity index (χ1n) is 7.31. The summed E-state index contributed by atoms with van der Waals surface area (Å²) in [6.07, 6.45) is 8.25. The van der Waals surface area contributed by atoms with Gasteiger partial charge in [0.15, 0.2) is 5.78 Å². The molecular weight excluding hydrogens is 242 g/mol. The van der Waals surface area contributed by atoms with Crippen molar-refractivity contribution < 1.29 is 14.3 Å². The average molecular weight is 263 g/mol. The number of hydrogen-bond acceptors (Lipinski definition) is 4. The summed E-state index contributed by atoms with van der Waals surface area (Å²) in [5, 5.41) is 0.